The molecule has 9 rings (SSSR count). The summed E-state index contributed by atoms with van der Waals surface area (Å²) in [5.41, 5.74) is 26.3. The molecule has 9 aromatic rings. The third-order valence-corrected chi connectivity index (χ3v) is 13.6. The van der Waals surface area contributed by atoms with Crippen LogP contribution >= 0.6 is 39.1 Å². The third kappa shape index (κ3) is 11.1. The van der Waals surface area contributed by atoms with Crippen LogP contribution in [0.5, 0.6) is 0 Å². The van der Waals surface area contributed by atoms with Crippen LogP contribution in [0.15, 0.2) is 148 Å². The molecule has 0 aliphatic rings. The summed E-state index contributed by atoms with van der Waals surface area (Å²) >= 11 is 15.9. The van der Waals surface area contributed by atoms with Crippen molar-refractivity contribution in [3.63, 3.8) is 0 Å². The molecule has 0 bridgehead atoms. The fourth-order valence-electron chi connectivity index (χ4n) is 8.24. The Morgan fingerprint density at radius 3 is 1.51 bits per heavy atom. The molecule has 0 saturated heterocycles. The van der Waals surface area contributed by atoms with Crippen LogP contribution in [-0.2, 0) is 15.6 Å². The van der Waals surface area contributed by atoms with Crippen molar-refractivity contribution < 1.29 is 18.0 Å². The lowest BCUT2D eigenvalue weighted by atomic mass is 10.1. The number of aromatic nitrogens is 6. The molecule has 376 valence electrons. The maximum Gasteiger partial charge on any atom is 0.274 e. The number of nitrogens with two attached hydrogens (primary N) is 4. The van der Waals surface area contributed by atoms with Gasteiger partial charge in [0.1, 0.15) is 10.3 Å². The molecule has 18 nitrogen and oxygen atoms in total. The number of hydrogen-bond acceptors (Lipinski definition) is 14. The number of anilines is 4. The number of carbonyl (C=O) groups is 2. The summed E-state index contributed by atoms with van der Waals surface area (Å²) in [5, 5.41) is 8.45. The Kier molecular flexibility index (Phi) is 15.2. The Bertz CT molecular complexity index is 3920. The molecule has 5 aromatic carbocycles. The highest BCUT2D eigenvalue weighted by molar-refractivity contribution is 9.10. The molecular weight excluding hydrogens is 1070 g/mol. The van der Waals surface area contributed by atoms with Crippen LogP contribution < -0.4 is 44.7 Å². The normalized spacial score (nSPS) is 12.1. The van der Waals surface area contributed by atoms with Crippen LogP contribution in [-0.4, -0.2) is 55.6 Å². The van der Waals surface area contributed by atoms with E-state index in [1.165, 1.54) is 9.13 Å². The van der Waals surface area contributed by atoms with E-state index in [2.05, 4.69) is 46.5 Å². The zero-order chi connectivity index (χ0) is 53.2. The Morgan fingerprint density at radius 1 is 0.595 bits per heavy atom. The van der Waals surface area contributed by atoms with E-state index in [4.69, 9.17) is 46.1 Å². The van der Waals surface area contributed by atoms with Gasteiger partial charge < -0.3 is 33.6 Å². The molecule has 0 spiro atoms. The number of amides is 2. The van der Waals surface area contributed by atoms with Crippen LogP contribution in [0, 0.1) is 0 Å². The fourth-order valence-corrected chi connectivity index (χ4v) is 9.82. The highest BCUT2D eigenvalue weighted by Crippen LogP contribution is 2.30. The maximum absolute atomic E-state index is 13.7. The minimum Gasteiger partial charge on any atom is -0.382 e. The van der Waals surface area contributed by atoms with Crippen molar-refractivity contribution in [2.24, 2.45) is 0 Å². The number of carbonyl (C=O) groups excluding carboxylic acids is 2. The summed E-state index contributed by atoms with van der Waals surface area (Å²) < 4.78 is 26.9. The first-order chi connectivity index (χ1) is 35.2. The Morgan fingerprint density at radius 2 is 1.04 bits per heavy atom. The number of rotatable bonds is 11. The summed E-state index contributed by atoms with van der Waals surface area (Å²) in [6.07, 6.45) is 1.14. The van der Waals surface area contributed by atoms with E-state index in [0.717, 1.165) is 6.26 Å². The quantitative estimate of drug-likeness (QED) is 0.0713. The van der Waals surface area contributed by atoms with Crippen molar-refractivity contribution in [2.45, 2.75) is 31.7 Å². The molecular formula is C52H45BrCl2N12O6S. The number of nitrogens with zero attached hydrogens (tertiary/aromatic N) is 6. The lowest BCUT2D eigenvalue weighted by molar-refractivity contribution is 0.0926. The van der Waals surface area contributed by atoms with Gasteiger partial charge in [-0.05, 0) is 101 Å². The average Bonchev–Trinajstić information content (AvgIpc) is 3.35. The molecule has 0 fully saturated rings. The Labute approximate surface area is 441 Å². The van der Waals surface area contributed by atoms with Gasteiger partial charge in [0.25, 0.3) is 22.9 Å². The summed E-state index contributed by atoms with van der Waals surface area (Å²) in [7, 11) is -3.28. The SMILES string of the molecule is C[C@H](NC(=O)c1nc(-c2cccc(CS(C)(=O)=O)c2)c(N)nc1N)c1cc2cccc(Cl)c2c(=O)n1-c1ccccc1.C[C@H](NC(=O)c1nc(Br)c(N)nc1N)c1cc2cccc(Cl)c2c(=O)n1-c1ccccc1. The van der Waals surface area contributed by atoms with Crippen molar-refractivity contribution >= 4 is 106 Å². The van der Waals surface area contributed by atoms with Gasteiger partial charge in [-0.2, -0.15) is 0 Å². The molecule has 0 aliphatic carbocycles. The lowest BCUT2D eigenvalue weighted by Crippen LogP contribution is -2.33. The van der Waals surface area contributed by atoms with Crippen LogP contribution in [0.4, 0.5) is 23.3 Å². The topological polar surface area (TPSA) is 292 Å². The number of nitrogen functional groups attached to an aromatic ring is 4. The number of fused-ring (bicyclic) bond motifs is 2. The van der Waals surface area contributed by atoms with E-state index in [1.54, 1.807) is 92.7 Å². The Hall–Kier alpha value is -8.17. The van der Waals surface area contributed by atoms with Crippen molar-refractivity contribution in [1.29, 1.82) is 0 Å². The molecule has 0 unspecified atom stereocenters. The molecule has 2 atom stereocenters. The van der Waals surface area contributed by atoms with Crippen molar-refractivity contribution in [3.05, 3.63) is 197 Å². The van der Waals surface area contributed by atoms with E-state index in [1.807, 2.05) is 54.6 Å². The van der Waals surface area contributed by atoms with Crippen LogP contribution in [0.25, 0.3) is 44.2 Å². The molecule has 0 saturated carbocycles. The molecule has 22 heteroatoms. The third-order valence-electron chi connectivity index (χ3n) is 11.6. The van der Waals surface area contributed by atoms with Crippen LogP contribution in [0.3, 0.4) is 0 Å². The van der Waals surface area contributed by atoms with Gasteiger partial charge in [0.05, 0.1) is 38.7 Å². The number of benzene rings is 5. The predicted octanol–water partition coefficient (Wildman–Crippen LogP) is 8.15. The molecule has 4 heterocycles. The van der Waals surface area contributed by atoms with Gasteiger partial charge >= 0.3 is 0 Å². The number of sulfone groups is 1. The second kappa shape index (κ2) is 21.5. The number of para-hydroxylation sites is 2. The molecule has 10 N–H and O–H groups in total. The largest absolute Gasteiger partial charge is 0.382 e. The standard InChI is InChI=1S/C30H27ClN6O4S.C22H18BrClN6O2/c1-17(23-15-19-9-7-13-22(31)24(19)30(39)37(23)21-11-4-3-5-12-21)34-29(38)26-28(33)36-27(32)25(35-26)20-10-6-8-18(14-20)16-42(2,40)41;1-11(27-21(31)17-19(25)29-20(26)18(23)28-17)15-10-12-6-5-9-14(24)16(12)22(32)30(15)13-7-3-2-4-8-13/h3-15,17H,16H2,1-2H3,(H,34,38)(H4,32,33,36);2-11H,1H3,(H,27,31)(H4,25,26,29)/t17-;11-/m00/s1. The summed E-state index contributed by atoms with van der Waals surface area (Å²) in [4.78, 5) is 70.2. The van der Waals surface area contributed by atoms with Gasteiger partial charge in [-0.25, -0.2) is 28.4 Å². The minimum absolute atomic E-state index is 0.0158. The van der Waals surface area contributed by atoms with Gasteiger partial charge in [0.15, 0.2) is 44.5 Å². The molecule has 0 radical (unpaired) electrons. The van der Waals surface area contributed by atoms with Gasteiger partial charge in [-0.15, -0.1) is 0 Å². The second-order valence-corrected chi connectivity index (χ2v) is 20.7. The van der Waals surface area contributed by atoms with E-state index < -0.39 is 33.7 Å². The highest BCUT2D eigenvalue weighted by atomic mass is 79.9. The van der Waals surface area contributed by atoms with E-state index in [-0.39, 0.29) is 61.8 Å². The van der Waals surface area contributed by atoms with Crippen molar-refractivity contribution in [3.8, 4) is 22.6 Å². The minimum atomic E-state index is -3.28. The first kappa shape index (κ1) is 52.2. The van der Waals surface area contributed by atoms with E-state index in [0.29, 0.717) is 65.5 Å². The average molecular weight is 1120 g/mol. The smallest absolute Gasteiger partial charge is 0.274 e. The summed E-state index contributed by atoms with van der Waals surface area (Å²) in [6.45, 7) is 3.50. The molecule has 4 aromatic heterocycles. The fraction of sp³-hybridized carbons (Fsp3) is 0.115. The monoisotopic (exact) mass is 1110 g/mol. The van der Waals surface area contributed by atoms with Crippen LogP contribution in [0.2, 0.25) is 10.0 Å². The van der Waals surface area contributed by atoms with Crippen LogP contribution in [0.1, 0.15) is 63.9 Å². The highest BCUT2D eigenvalue weighted by Gasteiger charge is 2.25. The van der Waals surface area contributed by atoms with E-state index >= 15 is 0 Å². The zero-order valence-corrected chi connectivity index (χ0v) is 43.5. The maximum atomic E-state index is 13.7. The summed E-state index contributed by atoms with van der Waals surface area (Å²) in [6, 6.07) is 37.6. The first-order valence-corrected chi connectivity index (χ1v) is 26.0. The number of halogens is 3. The van der Waals surface area contributed by atoms with Gasteiger partial charge in [-0.1, -0.05) is 102 Å². The molecule has 2 amide bonds. The van der Waals surface area contributed by atoms with Crippen molar-refractivity contribution in [1.82, 2.24) is 39.7 Å². The van der Waals surface area contributed by atoms with Gasteiger partial charge in [0.2, 0.25) is 0 Å². The number of hydrogen-bond donors (Lipinski definition) is 6. The van der Waals surface area contributed by atoms with Crippen molar-refractivity contribution in [2.75, 3.05) is 29.2 Å². The number of nitrogens with one attached hydrogen (secondary N) is 2. The van der Waals surface area contributed by atoms with E-state index in [9.17, 15) is 27.6 Å². The number of pyridine rings is 2. The summed E-state index contributed by atoms with van der Waals surface area (Å²) in [5.74, 6) is -1.58. The second-order valence-electron chi connectivity index (χ2n) is 17.0. The first-order valence-electron chi connectivity index (χ1n) is 22.4. The molecule has 74 heavy (non-hydrogen) atoms. The zero-order valence-electron chi connectivity index (χ0n) is 39.5. The van der Waals surface area contributed by atoms with Gasteiger partial charge in [0, 0.05) is 34.6 Å². The predicted molar refractivity (Wildman–Crippen MR) is 294 cm³/mol. The van der Waals surface area contributed by atoms with Gasteiger partial charge in [-0.3, -0.25) is 28.3 Å². The lowest BCUT2D eigenvalue weighted by Gasteiger charge is -2.21. The molecule has 0 aliphatic heterocycles. The Balaban J connectivity index is 0.000000204.